The average molecular weight is 483 g/mol. The van der Waals surface area contributed by atoms with Gasteiger partial charge in [-0.05, 0) is 42.0 Å². The fourth-order valence-electron chi connectivity index (χ4n) is 4.10. The molecular formula is C26H30N2O7. The molecule has 0 heterocycles. The van der Waals surface area contributed by atoms with Gasteiger partial charge in [0.15, 0.2) is 0 Å². The summed E-state index contributed by atoms with van der Waals surface area (Å²) in [4.78, 5) is 48.5. The van der Waals surface area contributed by atoms with E-state index >= 15 is 0 Å². The maximum absolute atomic E-state index is 12.9. The van der Waals surface area contributed by atoms with Gasteiger partial charge in [0.1, 0.15) is 18.2 Å². The van der Waals surface area contributed by atoms with Gasteiger partial charge in [0.2, 0.25) is 5.91 Å². The van der Waals surface area contributed by atoms with Crippen molar-refractivity contribution in [2.75, 3.05) is 13.7 Å². The molecule has 2 aromatic rings. The van der Waals surface area contributed by atoms with E-state index in [0.29, 0.717) is 0 Å². The van der Waals surface area contributed by atoms with Gasteiger partial charge in [0, 0.05) is 12.3 Å². The van der Waals surface area contributed by atoms with E-state index in [4.69, 9.17) is 4.74 Å². The number of alkyl carbamates (subject to hydrolysis) is 1. The third-order valence-corrected chi connectivity index (χ3v) is 6.40. The van der Waals surface area contributed by atoms with Gasteiger partial charge in [-0.25, -0.2) is 9.59 Å². The smallest absolute Gasteiger partial charge is 0.408 e. The molecule has 9 nitrogen and oxygen atoms in total. The van der Waals surface area contributed by atoms with E-state index in [9.17, 15) is 24.3 Å². The van der Waals surface area contributed by atoms with E-state index in [1.807, 2.05) is 48.5 Å². The lowest BCUT2D eigenvalue weighted by Crippen LogP contribution is -2.59. The highest BCUT2D eigenvalue weighted by atomic mass is 16.5. The zero-order valence-electron chi connectivity index (χ0n) is 20.0. The van der Waals surface area contributed by atoms with Crippen molar-refractivity contribution >= 4 is 23.9 Å². The average Bonchev–Trinajstić information content (AvgIpc) is 3.18. The molecule has 0 aliphatic heterocycles. The molecule has 3 N–H and O–H groups in total. The SMILES string of the molecule is CCC(C)(NC(=O)OCC1c2ccccc2-c2ccccc21)C(=O)N[C@@H](CCC(=O)OC)C(=O)O. The molecule has 0 spiro atoms. The van der Waals surface area contributed by atoms with Gasteiger partial charge in [0.05, 0.1) is 7.11 Å². The number of esters is 1. The van der Waals surface area contributed by atoms with Crippen LogP contribution in [0.3, 0.4) is 0 Å². The number of amides is 2. The molecule has 0 saturated carbocycles. The summed E-state index contributed by atoms with van der Waals surface area (Å²) in [5, 5.41) is 14.4. The molecule has 3 rings (SSSR count). The van der Waals surface area contributed by atoms with Crippen molar-refractivity contribution in [1.82, 2.24) is 10.6 Å². The summed E-state index contributed by atoms with van der Waals surface area (Å²) >= 11 is 0. The second-order valence-electron chi connectivity index (χ2n) is 8.62. The monoisotopic (exact) mass is 482 g/mol. The van der Waals surface area contributed by atoms with Crippen molar-refractivity contribution in [3.8, 4) is 11.1 Å². The number of carbonyl (C=O) groups excluding carboxylic acids is 3. The van der Waals surface area contributed by atoms with E-state index in [0.717, 1.165) is 22.3 Å². The Morgan fingerprint density at radius 2 is 1.60 bits per heavy atom. The molecule has 2 aromatic carbocycles. The minimum atomic E-state index is -1.42. The van der Waals surface area contributed by atoms with Gasteiger partial charge in [-0.2, -0.15) is 0 Å². The first-order chi connectivity index (χ1) is 16.7. The highest BCUT2D eigenvalue weighted by Gasteiger charge is 2.37. The van der Waals surface area contributed by atoms with Crippen LogP contribution in [0.5, 0.6) is 0 Å². The predicted molar refractivity (Wildman–Crippen MR) is 128 cm³/mol. The first-order valence-electron chi connectivity index (χ1n) is 11.4. The number of aliphatic carboxylic acids is 1. The van der Waals surface area contributed by atoms with Gasteiger partial charge >= 0.3 is 18.0 Å². The molecule has 0 bridgehead atoms. The van der Waals surface area contributed by atoms with Crippen molar-refractivity contribution < 1.29 is 33.8 Å². The predicted octanol–water partition coefficient (Wildman–Crippen LogP) is 3.22. The van der Waals surface area contributed by atoms with Crippen LogP contribution in [0.1, 0.15) is 50.2 Å². The van der Waals surface area contributed by atoms with E-state index < -0.39 is 35.5 Å². The number of ether oxygens (including phenoxy) is 2. The van der Waals surface area contributed by atoms with Gasteiger partial charge in [-0.1, -0.05) is 55.5 Å². The molecule has 0 aromatic heterocycles. The molecule has 35 heavy (non-hydrogen) atoms. The molecule has 1 aliphatic carbocycles. The molecule has 1 aliphatic rings. The first-order valence-corrected chi connectivity index (χ1v) is 11.4. The summed E-state index contributed by atoms with van der Waals surface area (Å²) in [6, 6.07) is 14.6. The van der Waals surface area contributed by atoms with E-state index in [1.165, 1.54) is 14.0 Å². The Hall–Kier alpha value is -3.88. The van der Waals surface area contributed by atoms with Crippen molar-refractivity contribution in [2.45, 2.75) is 50.6 Å². The fraction of sp³-hybridized carbons (Fsp3) is 0.385. The number of rotatable bonds is 10. The van der Waals surface area contributed by atoms with Crippen molar-refractivity contribution in [2.24, 2.45) is 0 Å². The second-order valence-corrected chi connectivity index (χ2v) is 8.62. The second kappa shape index (κ2) is 11.0. The van der Waals surface area contributed by atoms with Crippen LogP contribution in [0, 0.1) is 0 Å². The molecule has 0 radical (unpaired) electrons. The molecule has 2 amide bonds. The number of hydrogen-bond acceptors (Lipinski definition) is 6. The maximum Gasteiger partial charge on any atom is 0.408 e. The normalized spacial score (nSPS) is 14.6. The largest absolute Gasteiger partial charge is 0.480 e. The van der Waals surface area contributed by atoms with Gasteiger partial charge in [-0.3, -0.25) is 9.59 Å². The molecule has 0 saturated heterocycles. The third kappa shape index (κ3) is 5.79. The lowest BCUT2D eigenvalue weighted by atomic mass is 9.97. The molecule has 2 atom stereocenters. The van der Waals surface area contributed by atoms with Crippen molar-refractivity contribution in [1.29, 1.82) is 0 Å². The molecule has 1 unspecified atom stereocenters. The zero-order valence-corrected chi connectivity index (χ0v) is 20.0. The Morgan fingerprint density at radius 1 is 1.03 bits per heavy atom. The highest BCUT2D eigenvalue weighted by Crippen LogP contribution is 2.44. The van der Waals surface area contributed by atoms with Crippen LogP contribution in [0.2, 0.25) is 0 Å². The number of hydrogen-bond donors (Lipinski definition) is 3. The Balaban J connectivity index is 1.64. The minimum absolute atomic E-state index is 0.0815. The van der Waals surface area contributed by atoms with E-state index in [2.05, 4.69) is 15.4 Å². The minimum Gasteiger partial charge on any atom is -0.480 e. The molecule has 186 valence electrons. The number of benzene rings is 2. The lowest BCUT2D eigenvalue weighted by molar-refractivity contribution is -0.144. The lowest BCUT2D eigenvalue weighted by Gasteiger charge is -2.29. The highest BCUT2D eigenvalue weighted by molar-refractivity contribution is 5.92. The summed E-state index contributed by atoms with van der Waals surface area (Å²) < 4.78 is 10.0. The summed E-state index contributed by atoms with van der Waals surface area (Å²) in [6.45, 7) is 3.26. The maximum atomic E-state index is 12.9. The fourth-order valence-corrected chi connectivity index (χ4v) is 4.10. The number of fused-ring (bicyclic) bond motifs is 3. The first kappa shape index (κ1) is 25.7. The van der Waals surface area contributed by atoms with Crippen LogP contribution in [-0.4, -0.2) is 54.3 Å². The van der Waals surface area contributed by atoms with Crippen molar-refractivity contribution in [3.05, 3.63) is 59.7 Å². The molecular weight excluding hydrogens is 452 g/mol. The number of carboxylic acids is 1. The van der Waals surface area contributed by atoms with Crippen molar-refractivity contribution in [3.63, 3.8) is 0 Å². The van der Waals surface area contributed by atoms with Gasteiger partial charge in [-0.15, -0.1) is 0 Å². The van der Waals surface area contributed by atoms with Crippen LogP contribution in [0.25, 0.3) is 11.1 Å². The summed E-state index contributed by atoms with van der Waals surface area (Å²) in [7, 11) is 1.20. The molecule has 9 heteroatoms. The number of nitrogens with one attached hydrogen (secondary N) is 2. The Bertz CT molecular complexity index is 1070. The standard InChI is InChI=1S/C26H30N2O7/c1-4-26(2,24(32)27-21(23(30)31)13-14-22(29)34-3)28-25(33)35-15-20-18-11-7-5-9-16(18)17-10-6-8-12-19(17)20/h5-12,20-21H,4,13-15H2,1-3H3,(H,27,32)(H,28,33)(H,30,31)/t21-,26?/m0/s1. The van der Waals surface area contributed by atoms with E-state index in [1.54, 1.807) is 6.92 Å². The van der Waals surface area contributed by atoms with Gasteiger partial charge < -0.3 is 25.2 Å². The van der Waals surface area contributed by atoms with E-state index in [-0.39, 0.29) is 31.8 Å². The Kier molecular flexibility index (Phi) is 8.11. The van der Waals surface area contributed by atoms with Crippen LogP contribution < -0.4 is 10.6 Å². The van der Waals surface area contributed by atoms with Crippen LogP contribution in [0.4, 0.5) is 4.79 Å². The van der Waals surface area contributed by atoms with Gasteiger partial charge in [0.25, 0.3) is 0 Å². The molecule has 0 fully saturated rings. The third-order valence-electron chi connectivity index (χ3n) is 6.40. The Morgan fingerprint density at radius 3 is 2.11 bits per heavy atom. The quantitative estimate of drug-likeness (QED) is 0.443. The topological polar surface area (TPSA) is 131 Å². The number of methoxy groups -OCH3 is 1. The zero-order chi connectivity index (χ0) is 25.6. The summed E-state index contributed by atoms with van der Waals surface area (Å²) in [6.07, 6.45) is -0.908. The van der Waals surface area contributed by atoms with Crippen LogP contribution in [-0.2, 0) is 23.9 Å². The number of carbonyl (C=O) groups is 4. The van der Waals surface area contributed by atoms with Crippen LogP contribution >= 0.6 is 0 Å². The number of carboxylic acid groups (broad SMARTS) is 1. The summed E-state index contributed by atoms with van der Waals surface area (Å²) in [5.74, 6) is -2.70. The summed E-state index contributed by atoms with van der Waals surface area (Å²) in [5.41, 5.74) is 2.91. The van der Waals surface area contributed by atoms with Crippen LogP contribution in [0.15, 0.2) is 48.5 Å². The Labute approximate surface area is 203 Å².